The molecule has 0 saturated heterocycles. The Labute approximate surface area is 111 Å². The van der Waals surface area contributed by atoms with E-state index in [1.54, 1.807) is 0 Å². The minimum Gasteiger partial charge on any atom is -0.308 e. The number of fused-ring (bicyclic) bond motifs is 1. The van der Waals surface area contributed by atoms with E-state index in [2.05, 4.69) is 6.07 Å². The summed E-state index contributed by atoms with van der Waals surface area (Å²) in [5, 5.41) is 1.78. The summed E-state index contributed by atoms with van der Waals surface area (Å²) < 4.78 is 1.83. The van der Waals surface area contributed by atoms with Gasteiger partial charge in [-0.15, -0.1) is 0 Å². The van der Waals surface area contributed by atoms with Crippen molar-refractivity contribution in [2.75, 3.05) is 0 Å². The van der Waals surface area contributed by atoms with E-state index in [9.17, 15) is 4.79 Å². The fourth-order valence-electron chi connectivity index (χ4n) is 2.46. The zero-order valence-corrected chi connectivity index (χ0v) is 10.8. The van der Waals surface area contributed by atoms with Gasteiger partial charge in [-0.05, 0) is 30.0 Å². The van der Waals surface area contributed by atoms with Crippen molar-refractivity contribution < 1.29 is 0 Å². The van der Waals surface area contributed by atoms with Crippen LogP contribution in [0.1, 0.15) is 6.92 Å². The molecule has 0 unspecified atom stereocenters. The lowest BCUT2D eigenvalue weighted by molar-refractivity contribution is 0.743. The second-order valence-corrected chi connectivity index (χ2v) is 4.53. The molecule has 0 bridgehead atoms. The molecule has 19 heavy (non-hydrogen) atoms. The lowest BCUT2D eigenvalue weighted by atomic mass is 10.1. The summed E-state index contributed by atoms with van der Waals surface area (Å²) in [6, 6.07) is 19.9. The van der Waals surface area contributed by atoms with Crippen LogP contribution in [-0.2, 0) is 6.54 Å². The Balaban J connectivity index is 2.39. The number of rotatable bonds is 2. The fourth-order valence-corrected chi connectivity index (χ4v) is 2.46. The molecule has 0 saturated carbocycles. The Morgan fingerprint density at radius 3 is 2.37 bits per heavy atom. The molecule has 0 atom stereocenters. The van der Waals surface area contributed by atoms with Crippen LogP contribution in [0.5, 0.6) is 0 Å². The summed E-state index contributed by atoms with van der Waals surface area (Å²) in [6.45, 7) is 2.68. The molecule has 0 aliphatic heterocycles. The van der Waals surface area contributed by atoms with Crippen LogP contribution in [0.15, 0.2) is 65.5 Å². The van der Waals surface area contributed by atoms with Crippen molar-refractivity contribution in [1.29, 1.82) is 0 Å². The number of pyridine rings is 1. The summed E-state index contributed by atoms with van der Waals surface area (Å²) >= 11 is 0. The van der Waals surface area contributed by atoms with Crippen LogP contribution in [0, 0.1) is 0 Å². The van der Waals surface area contributed by atoms with E-state index in [4.69, 9.17) is 0 Å². The Bertz CT molecular complexity index is 772. The molecule has 0 N–H and O–H groups in total. The Morgan fingerprint density at radius 2 is 1.63 bits per heavy atom. The third-order valence-electron chi connectivity index (χ3n) is 3.41. The molecule has 2 nitrogen and oxygen atoms in total. The van der Waals surface area contributed by atoms with Crippen LogP contribution in [-0.4, -0.2) is 4.57 Å². The first-order valence-corrected chi connectivity index (χ1v) is 6.49. The van der Waals surface area contributed by atoms with Gasteiger partial charge >= 0.3 is 0 Å². The van der Waals surface area contributed by atoms with Gasteiger partial charge < -0.3 is 4.57 Å². The van der Waals surface area contributed by atoms with E-state index in [0.717, 1.165) is 22.0 Å². The van der Waals surface area contributed by atoms with Crippen molar-refractivity contribution in [1.82, 2.24) is 4.57 Å². The lowest BCUT2D eigenvalue weighted by Crippen LogP contribution is -2.20. The van der Waals surface area contributed by atoms with Crippen LogP contribution in [0.3, 0.4) is 0 Å². The molecule has 3 rings (SSSR count). The molecule has 0 aliphatic rings. The average molecular weight is 249 g/mol. The van der Waals surface area contributed by atoms with Crippen LogP contribution >= 0.6 is 0 Å². The molecule has 0 amide bonds. The van der Waals surface area contributed by atoms with Crippen LogP contribution in [0.2, 0.25) is 0 Å². The second kappa shape index (κ2) is 4.73. The molecule has 0 spiro atoms. The lowest BCUT2D eigenvalue weighted by Gasteiger charge is -2.12. The SMILES string of the molecule is CCn1c(-c2ccccc2)cc2ccccc2c1=O. The van der Waals surface area contributed by atoms with E-state index < -0.39 is 0 Å². The summed E-state index contributed by atoms with van der Waals surface area (Å²) in [7, 11) is 0. The van der Waals surface area contributed by atoms with E-state index in [-0.39, 0.29) is 5.56 Å². The van der Waals surface area contributed by atoms with Crippen LogP contribution < -0.4 is 5.56 Å². The molecule has 2 aromatic carbocycles. The first kappa shape index (κ1) is 11.7. The van der Waals surface area contributed by atoms with Gasteiger partial charge in [0.1, 0.15) is 0 Å². The largest absolute Gasteiger partial charge is 0.308 e. The molecule has 0 fully saturated rings. The van der Waals surface area contributed by atoms with Gasteiger partial charge in [0, 0.05) is 11.9 Å². The van der Waals surface area contributed by atoms with E-state index in [0.29, 0.717) is 6.54 Å². The highest BCUT2D eigenvalue weighted by Crippen LogP contribution is 2.21. The van der Waals surface area contributed by atoms with Gasteiger partial charge in [0.05, 0.1) is 5.69 Å². The summed E-state index contributed by atoms with van der Waals surface area (Å²) in [4.78, 5) is 12.5. The maximum Gasteiger partial charge on any atom is 0.258 e. The third-order valence-corrected chi connectivity index (χ3v) is 3.41. The second-order valence-electron chi connectivity index (χ2n) is 4.53. The highest BCUT2D eigenvalue weighted by atomic mass is 16.1. The first-order valence-electron chi connectivity index (χ1n) is 6.49. The predicted molar refractivity (Wildman–Crippen MR) is 79.3 cm³/mol. The summed E-state index contributed by atoms with van der Waals surface area (Å²) in [5.41, 5.74) is 2.14. The smallest absolute Gasteiger partial charge is 0.258 e. The normalized spacial score (nSPS) is 10.8. The minimum atomic E-state index is 0.0828. The number of aromatic nitrogens is 1. The highest BCUT2D eigenvalue weighted by Gasteiger charge is 2.08. The van der Waals surface area contributed by atoms with Gasteiger partial charge in [-0.2, -0.15) is 0 Å². The van der Waals surface area contributed by atoms with Gasteiger partial charge in [0.25, 0.3) is 5.56 Å². The molecule has 0 aliphatic carbocycles. The Morgan fingerprint density at radius 1 is 0.947 bits per heavy atom. The van der Waals surface area contributed by atoms with Crippen molar-refractivity contribution in [3.63, 3.8) is 0 Å². The van der Waals surface area contributed by atoms with Gasteiger partial charge in [-0.1, -0.05) is 48.5 Å². The van der Waals surface area contributed by atoms with E-state index in [1.165, 1.54) is 0 Å². The van der Waals surface area contributed by atoms with E-state index in [1.807, 2.05) is 66.1 Å². The molecule has 94 valence electrons. The molecular formula is C17H15NO. The summed E-state index contributed by atoms with van der Waals surface area (Å²) in [5.74, 6) is 0. The van der Waals surface area contributed by atoms with E-state index >= 15 is 0 Å². The van der Waals surface area contributed by atoms with Crippen molar-refractivity contribution in [3.8, 4) is 11.3 Å². The Kier molecular flexibility index (Phi) is 2.92. The molecule has 1 heterocycles. The predicted octanol–water partition coefficient (Wildman–Crippen LogP) is 3.69. The van der Waals surface area contributed by atoms with Gasteiger partial charge in [-0.3, -0.25) is 4.79 Å². The average Bonchev–Trinajstić information content (AvgIpc) is 2.48. The maximum absolute atomic E-state index is 12.5. The number of nitrogens with zero attached hydrogens (tertiary/aromatic N) is 1. The number of hydrogen-bond acceptors (Lipinski definition) is 1. The zero-order chi connectivity index (χ0) is 13.2. The van der Waals surface area contributed by atoms with Crippen molar-refractivity contribution in [2.45, 2.75) is 13.5 Å². The quantitative estimate of drug-likeness (QED) is 0.679. The molecular weight excluding hydrogens is 234 g/mol. The van der Waals surface area contributed by atoms with Gasteiger partial charge in [0.15, 0.2) is 0 Å². The Hall–Kier alpha value is -2.35. The van der Waals surface area contributed by atoms with Gasteiger partial charge in [-0.25, -0.2) is 0 Å². The molecule has 1 aromatic heterocycles. The first-order chi connectivity index (χ1) is 9.31. The monoisotopic (exact) mass is 249 g/mol. The third kappa shape index (κ3) is 1.95. The molecule has 0 radical (unpaired) electrons. The molecule has 3 aromatic rings. The minimum absolute atomic E-state index is 0.0828. The van der Waals surface area contributed by atoms with Crippen LogP contribution in [0.4, 0.5) is 0 Å². The topological polar surface area (TPSA) is 22.0 Å². The van der Waals surface area contributed by atoms with Crippen LogP contribution in [0.25, 0.3) is 22.0 Å². The highest BCUT2D eigenvalue weighted by molar-refractivity contribution is 5.85. The number of benzene rings is 2. The van der Waals surface area contributed by atoms with Crippen molar-refractivity contribution in [2.24, 2.45) is 0 Å². The zero-order valence-electron chi connectivity index (χ0n) is 10.8. The van der Waals surface area contributed by atoms with Crippen molar-refractivity contribution >= 4 is 10.8 Å². The molecule has 2 heteroatoms. The number of hydrogen-bond donors (Lipinski definition) is 0. The standard InChI is InChI=1S/C17H15NO/c1-2-18-16(13-8-4-3-5-9-13)12-14-10-6-7-11-15(14)17(18)19/h3-12H,2H2,1H3. The maximum atomic E-state index is 12.5. The van der Waals surface area contributed by atoms with Gasteiger partial charge in [0.2, 0.25) is 0 Å². The summed E-state index contributed by atoms with van der Waals surface area (Å²) in [6.07, 6.45) is 0. The fraction of sp³-hybridized carbons (Fsp3) is 0.118. The van der Waals surface area contributed by atoms with Crippen molar-refractivity contribution in [3.05, 3.63) is 71.0 Å².